The quantitative estimate of drug-likeness (QED) is 0.859. The molecule has 1 atom stereocenters. The summed E-state index contributed by atoms with van der Waals surface area (Å²) in [4.78, 5) is 0. The topological polar surface area (TPSA) is 41.5 Å². The summed E-state index contributed by atoms with van der Waals surface area (Å²) >= 11 is 0. The molecule has 0 spiro atoms. The number of hydrogen-bond acceptors (Lipinski definition) is 3. The number of aryl methyl sites for hydroxylation is 1. The summed E-state index contributed by atoms with van der Waals surface area (Å²) in [5, 5.41) is 14.2. The van der Waals surface area contributed by atoms with Crippen LogP contribution in [0.3, 0.4) is 0 Å². The number of hydrogen-bond donors (Lipinski definition) is 2. The molecule has 0 fully saturated rings. The highest BCUT2D eigenvalue weighted by atomic mass is 16.5. The van der Waals surface area contributed by atoms with Crippen LogP contribution in [0.1, 0.15) is 37.8 Å². The lowest BCUT2D eigenvalue weighted by Gasteiger charge is -2.35. The molecule has 0 radical (unpaired) electrons. The summed E-state index contributed by atoms with van der Waals surface area (Å²) in [5.41, 5.74) is 1.54. The zero-order valence-electron chi connectivity index (χ0n) is 11.5. The number of fused-ring (bicyclic) bond motifs is 1. The Bertz CT molecular complexity index is 417. The highest BCUT2D eigenvalue weighted by Gasteiger charge is 2.34. The van der Waals surface area contributed by atoms with Crippen LogP contribution in [-0.4, -0.2) is 24.8 Å². The molecule has 0 aromatic heterocycles. The van der Waals surface area contributed by atoms with Crippen LogP contribution in [-0.2, 0) is 12.0 Å². The molecular weight excluding hydrogens is 226 g/mol. The van der Waals surface area contributed by atoms with Gasteiger partial charge in [0.15, 0.2) is 0 Å². The molecule has 1 aliphatic carbocycles. The molecule has 100 valence electrons. The van der Waals surface area contributed by atoms with Gasteiger partial charge in [0.2, 0.25) is 0 Å². The van der Waals surface area contributed by atoms with Crippen LogP contribution in [0.15, 0.2) is 18.2 Å². The maximum absolute atomic E-state index is 10.8. The third-order valence-corrected chi connectivity index (χ3v) is 3.65. The van der Waals surface area contributed by atoms with Crippen molar-refractivity contribution in [3.05, 3.63) is 29.3 Å². The van der Waals surface area contributed by atoms with Crippen LogP contribution in [0, 0.1) is 0 Å². The van der Waals surface area contributed by atoms with Crippen LogP contribution in [0.5, 0.6) is 5.75 Å². The second-order valence-corrected chi connectivity index (χ2v) is 5.44. The van der Waals surface area contributed by atoms with E-state index < -0.39 is 5.60 Å². The first kappa shape index (κ1) is 13.4. The van der Waals surface area contributed by atoms with Gasteiger partial charge in [0, 0.05) is 12.6 Å². The molecule has 0 heterocycles. The minimum absolute atomic E-state index is 0.387. The van der Waals surface area contributed by atoms with E-state index >= 15 is 0 Å². The van der Waals surface area contributed by atoms with Crippen molar-refractivity contribution >= 4 is 0 Å². The van der Waals surface area contributed by atoms with E-state index in [1.807, 2.05) is 12.1 Å². The molecule has 0 aliphatic heterocycles. The van der Waals surface area contributed by atoms with E-state index in [1.165, 1.54) is 5.56 Å². The summed E-state index contributed by atoms with van der Waals surface area (Å²) in [6, 6.07) is 6.38. The fourth-order valence-electron chi connectivity index (χ4n) is 2.62. The fraction of sp³-hybridized carbons (Fsp3) is 0.600. The third kappa shape index (κ3) is 2.68. The fourth-order valence-corrected chi connectivity index (χ4v) is 2.62. The average Bonchev–Trinajstić information content (AvgIpc) is 2.36. The van der Waals surface area contributed by atoms with Crippen LogP contribution in [0.25, 0.3) is 0 Å². The Morgan fingerprint density at radius 3 is 2.89 bits per heavy atom. The van der Waals surface area contributed by atoms with E-state index in [9.17, 15) is 5.11 Å². The van der Waals surface area contributed by atoms with Crippen molar-refractivity contribution in [1.29, 1.82) is 0 Å². The Labute approximate surface area is 109 Å². The van der Waals surface area contributed by atoms with Gasteiger partial charge in [-0.15, -0.1) is 0 Å². The van der Waals surface area contributed by atoms with Crippen molar-refractivity contribution in [1.82, 2.24) is 5.32 Å². The van der Waals surface area contributed by atoms with Crippen molar-refractivity contribution < 1.29 is 9.84 Å². The predicted octanol–water partition coefficient (Wildman–Crippen LogP) is 2.22. The van der Waals surface area contributed by atoms with Gasteiger partial charge in [-0.2, -0.15) is 0 Å². The zero-order valence-corrected chi connectivity index (χ0v) is 11.5. The maximum atomic E-state index is 10.8. The van der Waals surface area contributed by atoms with Gasteiger partial charge in [-0.25, -0.2) is 0 Å². The standard InChI is InChI=1S/C15H23NO2/c1-11(2)16-10-15(17)8-4-5-12-9-13(18-3)6-7-14(12)15/h6-7,9,11,16-17H,4-5,8,10H2,1-3H3. The number of methoxy groups -OCH3 is 1. The second-order valence-electron chi connectivity index (χ2n) is 5.44. The number of rotatable bonds is 4. The van der Waals surface area contributed by atoms with Crippen molar-refractivity contribution in [2.45, 2.75) is 44.8 Å². The minimum atomic E-state index is -0.732. The normalized spacial score (nSPS) is 22.9. The van der Waals surface area contributed by atoms with Crippen LogP contribution < -0.4 is 10.1 Å². The van der Waals surface area contributed by atoms with Gasteiger partial charge in [-0.05, 0) is 42.5 Å². The number of benzene rings is 1. The molecule has 1 aliphatic rings. The number of aliphatic hydroxyl groups is 1. The Kier molecular flexibility index (Phi) is 3.93. The van der Waals surface area contributed by atoms with Gasteiger partial charge in [0.05, 0.1) is 7.11 Å². The van der Waals surface area contributed by atoms with Gasteiger partial charge in [0.25, 0.3) is 0 Å². The molecule has 0 amide bonds. The molecular formula is C15H23NO2. The van der Waals surface area contributed by atoms with E-state index in [4.69, 9.17) is 4.74 Å². The lowest BCUT2D eigenvalue weighted by Crippen LogP contribution is -2.43. The van der Waals surface area contributed by atoms with E-state index in [0.29, 0.717) is 12.6 Å². The second kappa shape index (κ2) is 5.29. The molecule has 2 rings (SSSR count). The van der Waals surface area contributed by atoms with E-state index in [2.05, 4.69) is 25.2 Å². The summed E-state index contributed by atoms with van der Waals surface area (Å²) in [6.07, 6.45) is 2.87. The average molecular weight is 249 g/mol. The highest BCUT2D eigenvalue weighted by molar-refractivity contribution is 5.41. The van der Waals surface area contributed by atoms with Gasteiger partial charge in [-0.3, -0.25) is 0 Å². The first-order valence-corrected chi connectivity index (χ1v) is 6.68. The van der Waals surface area contributed by atoms with Gasteiger partial charge in [0.1, 0.15) is 11.4 Å². The Hall–Kier alpha value is -1.06. The van der Waals surface area contributed by atoms with Gasteiger partial charge >= 0.3 is 0 Å². The zero-order chi connectivity index (χ0) is 13.2. The number of nitrogens with one attached hydrogen (secondary N) is 1. The summed E-state index contributed by atoms with van der Waals surface area (Å²) in [5.74, 6) is 0.870. The molecule has 2 N–H and O–H groups in total. The molecule has 0 bridgehead atoms. The molecule has 3 heteroatoms. The van der Waals surface area contributed by atoms with Crippen molar-refractivity contribution in [3.8, 4) is 5.75 Å². The smallest absolute Gasteiger partial charge is 0.119 e. The largest absolute Gasteiger partial charge is 0.497 e. The number of ether oxygens (including phenoxy) is 1. The Morgan fingerprint density at radius 1 is 1.44 bits per heavy atom. The molecule has 1 aromatic carbocycles. The van der Waals surface area contributed by atoms with Crippen LogP contribution in [0.4, 0.5) is 0 Å². The Balaban J connectivity index is 2.26. The van der Waals surface area contributed by atoms with Crippen molar-refractivity contribution in [3.63, 3.8) is 0 Å². The lowest BCUT2D eigenvalue weighted by molar-refractivity contribution is 0.0175. The van der Waals surface area contributed by atoms with E-state index in [-0.39, 0.29) is 0 Å². The molecule has 3 nitrogen and oxygen atoms in total. The maximum Gasteiger partial charge on any atom is 0.119 e. The lowest BCUT2D eigenvalue weighted by atomic mass is 9.79. The highest BCUT2D eigenvalue weighted by Crippen LogP contribution is 2.36. The molecule has 0 saturated carbocycles. The first-order chi connectivity index (χ1) is 8.55. The molecule has 18 heavy (non-hydrogen) atoms. The van der Waals surface area contributed by atoms with Crippen LogP contribution >= 0.6 is 0 Å². The van der Waals surface area contributed by atoms with E-state index in [0.717, 1.165) is 30.6 Å². The monoisotopic (exact) mass is 249 g/mol. The first-order valence-electron chi connectivity index (χ1n) is 6.68. The SMILES string of the molecule is COc1ccc2c(c1)CCCC2(O)CNC(C)C. The van der Waals surface area contributed by atoms with E-state index in [1.54, 1.807) is 7.11 Å². The molecule has 0 saturated heterocycles. The molecule has 1 aromatic rings. The summed E-state index contributed by atoms with van der Waals surface area (Å²) < 4.78 is 5.25. The Morgan fingerprint density at radius 2 is 2.22 bits per heavy atom. The van der Waals surface area contributed by atoms with Gasteiger partial charge < -0.3 is 15.2 Å². The molecule has 1 unspecified atom stereocenters. The van der Waals surface area contributed by atoms with Crippen molar-refractivity contribution in [2.24, 2.45) is 0 Å². The van der Waals surface area contributed by atoms with Crippen molar-refractivity contribution in [2.75, 3.05) is 13.7 Å². The summed E-state index contributed by atoms with van der Waals surface area (Å²) in [7, 11) is 1.68. The van der Waals surface area contributed by atoms with Gasteiger partial charge in [-0.1, -0.05) is 19.9 Å². The minimum Gasteiger partial charge on any atom is -0.497 e. The van der Waals surface area contributed by atoms with Crippen LogP contribution in [0.2, 0.25) is 0 Å². The predicted molar refractivity (Wildman–Crippen MR) is 73.0 cm³/mol. The third-order valence-electron chi connectivity index (χ3n) is 3.65. The summed E-state index contributed by atoms with van der Waals surface area (Å²) in [6.45, 7) is 4.81.